The summed E-state index contributed by atoms with van der Waals surface area (Å²) in [7, 11) is 0. The topological polar surface area (TPSA) is 750 Å². The molecule has 0 atom stereocenters. The molecule has 0 fully saturated rings. The Kier molecular flexibility index (Phi) is 468. The van der Waals surface area contributed by atoms with E-state index in [9.17, 15) is 30.6 Å². The first-order chi connectivity index (χ1) is 29.5. The van der Waals surface area contributed by atoms with E-state index in [0.717, 1.165) is 0 Å². The van der Waals surface area contributed by atoms with Crippen molar-refractivity contribution >= 4 is 0 Å². The van der Waals surface area contributed by atoms with Crippen molar-refractivity contribution in [2.24, 2.45) is 10.8 Å². The monoisotopic (exact) mass is 1820 g/mol. The van der Waals surface area contributed by atoms with Gasteiger partial charge in [-0.2, -0.15) is 21.0 Å². The fourth-order valence-electron chi connectivity index (χ4n) is 5.54. The van der Waals surface area contributed by atoms with Crippen LogP contribution in [0.25, 0.3) is 0 Å². The van der Waals surface area contributed by atoms with Gasteiger partial charge in [0.25, 0.3) is 0 Å². The molecule has 0 aliphatic carbocycles. The number of nitriles is 4. The molecule has 0 saturated heterocycles. The Labute approximate surface area is 624 Å². The predicted molar refractivity (Wildman–Crippen MR) is 264 cm³/mol. The third-order valence-electron chi connectivity index (χ3n) is 9.98. The molecule has 37 heteroatoms. The van der Waals surface area contributed by atoms with E-state index in [-0.39, 0.29) is 242 Å². The van der Waals surface area contributed by atoms with Gasteiger partial charge in [0, 0.05) is 154 Å². The molecule has 0 aliphatic heterocycles. The van der Waals surface area contributed by atoms with Crippen LogP contribution in [0.5, 0.6) is 0 Å². The molecule has 0 aromatic rings. The number of quaternary nitrogens is 2. The fourth-order valence-corrected chi connectivity index (χ4v) is 5.54. The first-order valence-electron chi connectivity index (χ1n) is 23.9. The summed E-state index contributed by atoms with van der Waals surface area (Å²) in [6.07, 6.45) is 22.1. The van der Waals surface area contributed by atoms with Crippen LogP contribution in [0.1, 0.15) is 200 Å². The molecule has 0 aromatic carbocycles. The van der Waals surface area contributed by atoms with Crippen molar-refractivity contribution in [2.45, 2.75) is 200 Å². The maximum absolute atomic E-state index is 10.0. The van der Waals surface area contributed by atoms with Gasteiger partial charge in [-0.3, -0.25) is 0 Å². The summed E-state index contributed by atoms with van der Waals surface area (Å²) in [5.41, 5.74) is -2.08. The van der Waals surface area contributed by atoms with Crippen LogP contribution in [-0.4, -0.2) is 112 Å². The molecule has 30 nitrogen and oxygen atoms in total. The maximum atomic E-state index is 10.0. The van der Waals surface area contributed by atoms with Gasteiger partial charge in [-0.15, -0.1) is 39.6 Å². The Morgan fingerprint density at radius 1 is 0.264 bits per heavy atom. The van der Waals surface area contributed by atoms with Gasteiger partial charge >= 0.3 is 17.1 Å². The third-order valence-corrected chi connectivity index (χ3v) is 9.98. The molecule has 0 rings (SSSR count). The summed E-state index contributed by atoms with van der Waals surface area (Å²) in [6, 6.07) is 7.00. The summed E-state index contributed by atoms with van der Waals surface area (Å²) in [6.45, 7) is 35.3. The number of nitrogens with zero attached hydrogens (tertiary/aromatic N) is 6. The summed E-state index contributed by atoms with van der Waals surface area (Å²) < 4.78 is 2.84. The summed E-state index contributed by atoms with van der Waals surface area (Å²) >= 11 is 0. The van der Waals surface area contributed by atoms with Crippen molar-refractivity contribution in [3.05, 3.63) is 0 Å². The van der Waals surface area contributed by atoms with Gasteiger partial charge in [0.05, 0.1) is 76.6 Å². The Hall–Kier alpha value is 1.57. The van der Waals surface area contributed by atoms with Crippen LogP contribution in [0.3, 0.4) is 0 Å². The van der Waals surface area contributed by atoms with Gasteiger partial charge in [0.1, 0.15) is 0 Å². The Morgan fingerprint density at radius 2 is 0.333 bits per heavy atom. The van der Waals surface area contributed by atoms with Crippen LogP contribution in [0.4, 0.5) is 0 Å². The molecule has 0 unspecified atom stereocenters. The molecule has 0 aromatic heterocycles. The van der Waals surface area contributed by atoms with Crippen LogP contribution in [0, 0.1) is 56.2 Å². The second kappa shape index (κ2) is 185. The van der Waals surface area contributed by atoms with Gasteiger partial charge in [0.15, 0.2) is 0 Å². The molecule has 0 aliphatic rings. The number of rotatable bonds is 30. The van der Waals surface area contributed by atoms with E-state index in [1.54, 1.807) is 24.3 Å². The van der Waals surface area contributed by atoms with Gasteiger partial charge in [-0.25, -0.2) is 0 Å². The Balaban J connectivity index is -0.0000000127. The fraction of sp³-hybridized carbons (Fsp3) is 0.920. The predicted octanol–water partition coefficient (Wildman–Crippen LogP) is 4.00. The van der Waals surface area contributed by atoms with Crippen LogP contribution >= 0.6 is 0 Å². The average molecular weight is 1810 g/mol. The molecular formula is C50H104CuMo6N6O24-36. The Morgan fingerprint density at radius 3 is 0.368 bits per heavy atom. The Bertz CT molecular complexity index is 870. The molecular weight excluding hydrogens is 1710 g/mol. The second-order valence-corrected chi connectivity index (χ2v) is 16.7. The molecule has 0 amide bonds. The van der Waals surface area contributed by atoms with Gasteiger partial charge in [-0.05, 0) is 51.4 Å². The van der Waals surface area contributed by atoms with Gasteiger partial charge < -0.3 is 138 Å². The number of hydrogen-bond donors (Lipinski definition) is 0. The molecule has 0 spiro atoms. The maximum Gasteiger partial charge on any atom is 2.00 e. The largest absolute Gasteiger partial charge is 2.00 e. The average Bonchev–Trinajstić information content (AvgIpc) is 3.29. The van der Waals surface area contributed by atoms with Crippen molar-refractivity contribution in [3.63, 3.8) is 0 Å². The third kappa shape index (κ3) is 181. The molecule has 0 heterocycles. The minimum atomic E-state index is -1.04. The van der Waals surface area contributed by atoms with E-state index in [2.05, 4.69) is 55.4 Å². The minimum Gasteiger partial charge on any atom is -2.00 e. The summed E-state index contributed by atoms with van der Waals surface area (Å²) in [4.78, 5) is 0. The van der Waals surface area contributed by atoms with Gasteiger partial charge in [-0.1, -0.05) is 131 Å². The van der Waals surface area contributed by atoms with Crippen LogP contribution in [0.2, 0.25) is 0 Å². The molecule has 561 valence electrons. The zero-order chi connectivity index (χ0) is 50.0. The smallest absolute Gasteiger partial charge is 2.00 e. The first kappa shape index (κ1) is 220. The zero-order valence-corrected chi connectivity index (χ0v) is 66.5. The van der Waals surface area contributed by atoms with E-state index in [0.29, 0.717) is 0 Å². The molecule has 2 N–H and O–H groups in total. The normalized spacial score (nSPS) is 7.26. The van der Waals surface area contributed by atoms with Crippen molar-refractivity contribution in [3.8, 4) is 24.3 Å². The van der Waals surface area contributed by atoms with Crippen molar-refractivity contribution in [2.75, 3.05) is 92.0 Å². The van der Waals surface area contributed by atoms with Crippen molar-refractivity contribution < 1.29 is 282 Å². The van der Waals surface area contributed by atoms with E-state index < -0.39 is 50.5 Å². The molecule has 0 bridgehead atoms. The molecule has 0 saturated carbocycles. The second-order valence-electron chi connectivity index (χ2n) is 16.7. The molecule has 1 radical (unpaired) electrons. The van der Waals surface area contributed by atoms with E-state index in [1.807, 2.05) is 0 Å². The summed E-state index contributed by atoms with van der Waals surface area (Å²) in [5.74, 6) is 0. The first-order valence-corrected chi connectivity index (χ1v) is 23.9. The van der Waals surface area contributed by atoms with E-state index in [1.165, 1.54) is 206 Å². The summed E-state index contributed by atoms with van der Waals surface area (Å²) in [5, 5.41) is 89.4. The SMILES string of the molecule is CC#N.CC#N.CC#N.CC#N.CC(C[O-])(C[O-])C[O-].CC(C[O-])(C[O-])C[O-].CCCC[N+](CCCC)(CCCC)CCCC.CCCC[N+](CCCC)(CCCC)CCCC.[Cu+2].[Mo].[Mo].[Mo].[Mo].[Mo].[Mo].[O-2].[O-2].[O-2].[O-2].[O-2].[O-2].[O-2].[O-2].[O-2].[O-2].[O-2].[O-2].[O-2].[O-2].[O-2].[O-2].[OH-].[OH-]. The van der Waals surface area contributed by atoms with E-state index in [4.69, 9.17) is 21.0 Å². The van der Waals surface area contributed by atoms with Crippen molar-refractivity contribution in [1.82, 2.24) is 0 Å². The van der Waals surface area contributed by atoms with Crippen LogP contribution < -0.4 is 30.6 Å². The van der Waals surface area contributed by atoms with Crippen molar-refractivity contribution in [1.29, 1.82) is 21.0 Å². The van der Waals surface area contributed by atoms with Crippen LogP contribution in [-0.2, 0) is 231 Å². The van der Waals surface area contributed by atoms with E-state index >= 15 is 0 Å². The molecule has 87 heavy (non-hydrogen) atoms. The van der Waals surface area contributed by atoms with Gasteiger partial charge in [0.2, 0.25) is 0 Å². The minimum absolute atomic E-state index is 0. The quantitative estimate of drug-likeness (QED) is 0.0728. The number of hydrogen-bond acceptors (Lipinski definition) is 12. The van der Waals surface area contributed by atoms with Crippen LogP contribution in [0.15, 0.2) is 0 Å². The zero-order valence-electron chi connectivity index (χ0n) is 53.5. The standard InChI is InChI=1S/2C16H36N.2C5H9O3.4C2H3N.Cu.6Mo.2H2O.16O/c2*1-5-9-13-17(14-10-6-2,15-11-7-3)16-12-8-4;2*1-5(2-6,3-7)4-8;4*1-2-3;;;;;;;;;;;;;;;;;;;;;;;;;/h2*5-16H2,1-4H3;2*2-4H2,1H3;4*1H3;;;;;;;;2*1H2;;;;;;;;;;;;;;;;/q2*+1;2*-3;;;;;+2;;;;;;;;;16*-2/p-2. The number of unbranched alkanes of at least 4 members (excludes halogenated alkanes) is 8.